The predicted octanol–water partition coefficient (Wildman–Crippen LogP) is 2.57. The topological polar surface area (TPSA) is 81.3 Å². The Morgan fingerprint density at radius 3 is 2.72 bits per heavy atom. The Morgan fingerprint density at radius 2 is 1.97 bits per heavy atom. The number of carbonyl (C=O) groups excluding carboxylic acids is 2. The lowest BCUT2D eigenvalue weighted by Gasteiger charge is -2.35. The molecule has 0 bridgehead atoms. The molecule has 1 aliphatic rings. The number of nitrogens with zero attached hydrogens (tertiary/aromatic N) is 3. The van der Waals surface area contributed by atoms with E-state index in [1.165, 1.54) is 10.8 Å². The highest BCUT2D eigenvalue weighted by atomic mass is 16.2. The van der Waals surface area contributed by atoms with E-state index in [0.29, 0.717) is 19.6 Å². The lowest BCUT2D eigenvalue weighted by atomic mass is 10.0. The molecule has 1 aromatic heterocycles. The van der Waals surface area contributed by atoms with Gasteiger partial charge in [-0.25, -0.2) is 0 Å². The number of rotatable bonds is 7. The van der Waals surface area contributed by atoms with Gasteiger partial charge in [0.2, 0.25) is 11.8 Å². The van der Waals surface area contributed by atoms with Gasteiger partial charge in [0.1, 0.15) is 0 Å². The van der Waals surface area contributed by atoms with Gasteiger partial charge < -0.3 is 10.2 Å². The molecule has 2 N–H and O–H groups in total. The van der Waals surface area contributed by atoms with Crippen LogP contribution in [0.15, 0.2) is 42.5 Å². The number of nitrogens with one attached hydrogen (secondary N) is 2. The minimum atomic E-state index is -0.456. The molecule has 3 aromatic rings. The van der Waals surface area contributed by atoms with Crippen LogP contribution >= 0.6 is 0 Å². The molecule has 1 aliphatic heterocycles. The summed E-state index contributed by atoms with van der Waals surface area (Å²) in [5.74, 6) is -0.0883. The smallest absolute Gasteiger partial charge is 0.237 e. The molecule has 0 spiro atoms. The fourth-order valence-corrected chi connectivity index (χ4v) is 4.41. The Morgan fingerprint density at radius 1 is 1.19 bits per heavy atom. The first-order chi connectivity index (χ1) is 15.4. The van der Waals surface area contributed by atoms with Gasteiger partial charge in [0.05, 0.1) is 18.2 Å². The van der Waals surface area contributed by atoms with Crippen molar-refractivity contribution in [1.82, 2.24) is 25.3 Å². The van der Waals surface area contributed by atoms with Gasteiger partial charge in [0.25, 0.3) is 0 Å². The second kappa shape index (κ2) is 9.53. The molecule has 1 unspecified atom stereocenters. The van der Waals surface area contributed by atoms with E-state index in [9.17, 15) is 9.59 Å². The zero-order chi connectivity index (χ0) is 22.7. The number of aromatic amines is 1. The third-order valence-electron chi connectivity index (χ3n) is 6.41. The number of fused-ring (bicyclic) bond motifs is 1. The summed E-state index contributed by atoms with van der Waals surface area (Å²) in [6.45, 7) is 6.54. The number of aryl methyl sites for hydroxylation is 2. The van der Waals surface area contributed by atoms with Gasteiger partial charge in [-0.1, -0.05) is 36.4 Å². The molecule has 2 amide bonds. The molecule has 0 saturated carbocycles. The predicted molar refractivity (Wildman–Crippen MR) is 125 cm³/mol. The van der Waals surface area contributed by atoms with Crippen LogP contribution in [0, 0.1) is 13.8 Å². The number of likely N-dealkylation sites (N-methyl/N-ethyl adjacent to an activating group) is 1. The van der Waals surface area contributed by atoms with Crippen molar-refractivity contribution >= 4 is 22.6 Å². The molecule has 32 heavy (non-hydrogen) atoms. The Labute approximate surface area is 188 Å². The molecule has 2 aromatic carbocycles. The Bertz CT molecular complexity index is 1100. The third-order valence-corrected chi connectivity index (χ3v) is 6.41. The number of H-pyrrole nitrogens is 1. The van der Waals surface area contributed by atoms with Crippen molar-refractivity contribution < 1.29 is 9.59 Å². The molecule has 168 valence electrons. The van der Waals surface area contributed by atoms with Crippen LogP contribution in [0.4, 0.5) is 0 Å². The fraction of sp³-hybridized carbons (Fsp3) is 0.400. The second-order valence-electron chi connectivity index (χ2n) is 8.64. The zero-order valence-electron chi connectivity index (χ0n) is 19.0. The van der Waals surface area contributed by atoms with E-state index in [2.05, 4.69) is 50.7 Å². The van der Waals surface area contributed by atoms with Gasteiger partial charge in [-0.2, -0.15) is 5.10 Å². The molecule has 1 atom stereocenters. The first-order valence-corrected chi connectivity index (χ1v) is 11.2. The monoisotopic (exact) mass is 433 g/mol. The van der Waals surface area contributed by atoms with Gasteiger partial charge in [-0.05, 0) is 48.2 Å². The normalized spacial score (nSPS) is 16.8. The molecule has 0 radical (unpaired) electrons. The molecule has 7 nitrogen and oxygen atoms in total. The second-order valence-corrected chi connectivity index (χ2v) is 8.64. The van der Waals surface area contributed by atoms with E-state index in [0.717, 1.165) is 35.5 Å². The summed E-state index contributed by atoms with van der Waals surface area (Å²) in [6.07, 6.45) is 0.924. The maximum absolute atomic E-state index is 13.0. The van der Waals surface area contributed by atoms with Crippen molar-refractivity contribution in [3.05, 3.63) is 65.0 Å². The summed E-state index contributed by atoms with van der Waals surface area (Å²) in [6, 6.07) is 14.2. The van der Waals surface area contributed by atoms with Gasteiger partial charge >= 0.3 is 0 Å². The number of benzene rings is 2. The first-order valence-electron chi connectivity index (χ1n) is 11.2. The van der Waals surface area contributed by atoms with Gasteiger partial charge in [-0.15, -0.1) is 0 Å². The van der Waals surface area contributed by atoms with E-state index in [4.69, 9.17) is 0 Å². The Kier molecular flexibility index (Phi) is 6.55. The van der Waals surface area contributed by atoms with Crippen LogP contribution in [0.1, 0.15) is 28.9 Å². The van der Waals surface area contributed by atoms with Crippen LogP contribution in [0.2, 0.25) is 0 Å². The maximum Gasteiger partial charge on any atom is 0.237 e. The highest BCUT2D eigenvalue weighted by Crippen LogP contribution is 2.20. The summed E-state index contributed by atoms with van der Waals surface area (Å²) in [5, 5.41) is 12.5. The summed E-state index contributed by atoms with van der Waals surface area (Å²) in [7, 11) is 1.81. The van der Waals surface area contributed by atoms with Crippen LogP contribution < -0.4 is 5.32 Å². The molecule has 7 heteroatoms. The minimum absolute atomic E-state index is 0.0191. The number of piperazine rings is 1. The average Bonchev–Trinajstić information content (AvgIpc) is 3.11. The lowest BCUT2D eigenvalue weighted by Crippen LogP contribution is -2.56. The third kappa shape index (κ3) is 4.83. The molecule has 2 heterocycles. The van der Waals surface area contributed by atoms with Crippen LogP contribution in [0.25, 0.3) is 10.8 Å². The molecule has 0 aliphatic carbocycles. The molecule has 4 rings (SSSR count). The standard InChI is InChI=1S/C25H31N5O2/c1-17-22(18(2)28-27-17)10-12-29(3)24(31)15-23-25(32)26-11-13-30(23)16-19-8-9-20-6-4-5-7-21(20)14-19/h4-9,14,23H,10-13,15-16H2,1-3H3,(H,26,32)(H,27,28). The molecule has 1 fully saturated rings. The summed E-state index contributed by atoms with van der Waals surface area (Å²) in [4.78, 5) is 29.5. The van der Waals surface area contributed by atoms with Crippen molar-refractivity contribution in [2.75, 3.05) is 26.7 Å². The van der Waals surface area contributed by atoms with E-state index in [-0.39, 0.29) is 18.2 Å². The van der Waals surface area contributed by atoms with Gasteiger partial charge in [0, 0.05) is 38.9 Å². The van der Waals surface area contributed by atoms with E-state index in [1.807, 2.05) is 33.0 Å². The Balaban J connectivity index is 1.41. The quantitative estimate of drug-likeness (QED) is 0.600. The van der Waals surface area contributed by atoms with Crippen molar-refractivity contribution in [1.29, 1.82) is 0 Å². The summed E-state index contributed by atoms with van der Waals surface area (Å²) >= 11 is 0. The SMILES string of the molecule is Cc1n[nH]c(C)c1CCN(C)C(=O)CC1C(=O)NCCN1Cc1ccc2ccccc2c1. The van der Waals surface area contributed by atoms with Crippen LogP contribution in [-0.2, 0) is 22.6 Å². The number of amides is 2. The number of carbonyl (C=O) groups is 2. The molecule has 1 saturated heterocycles. The number of hydrogen-bond acceptors (Lipinski definition) is 4. The van der Waals surface area contributed by atoms with Crippen LogP contribution in [-0.4, -0.2) is 64.5 Å². The van der Waals surface area contributed by atoms with Crippen molar-refractivity contribution in [3.8, 4) is 0 Å². The van der Waals surface area contributed by atoms with Crippen LogP contribution in [0.5, 0.6) is 0 Å². The number of aromatic nitrogens is 2. The average molecular weight is 434 g/mol. The highest BCUT2D eigenvalue weighted by molar-refractivity contribution is 5.89. The number of hydrogen-bond donors (Lipinski definition) is 2. The summed E-state index contributed by atoms with van der Waals surface area (Å²) in [5.41, 5.74) is 4.31. The summed E-state index contributed by atoms with van der Waals surface area (Å²) < 4.78 is 0. The Hall–Kier alpha value is -3.19. The van der Waals surface area contributed by atoms with E-state index >= 15 is 0 Å². The largest absolute Gasteiger partial charge is 0.353 e. The van der Waals surface area contributed by atoms with Crippen LogP contribution in [0.3, 0.4) is 0 Å². The molecular formula is C25H31N5O2. The van der Waals surface area contributed by atoms with Crippen molar-refractivity contribution in [2.24, 2.45) is 0 Å². The van der Waals surface area contributed by atoms with E-state index < -0.39 is 6.04 Å². The maximum atomic E-state index is 13.0. The highest BCUT2D eigenvalue weighted by Gasteiger charge is 2.32. The fourth-order valence-electron chi connectivity index (χ4n) is 4.41. The van der Waals surface area contributed by atoms with Crippen molar-refractivity contribution in [3.63, 3.8) is 0 Å². The van der Waals surface area contributed by atoms with Gasteiger partial charge in [0.15, 0.2) is 0 Å². The van der Waals surface area contributed by atoms with Crippen molar-refractivity contribution in [2.45, 2.75) is 39.3 Å². The zero-order valence-corrected chi connectivity index (χ0v) is 19.0. The lowest BCUT2D eigenvalue weighted by molar-refractivity contribution is -0.138. The first kappa shape index (κ1) is 22.0. The minimum Gasteiger partial charge on any atom is -0.353 e. The van der Waals surface area contributed by atoms with E-state index in [1.54, 1.807) is 4.90 Å². The van der Waals surface area contributed by atoms with Gasteiger partial charge in [-0.3, -0.25) is 19.6 Å². The molecular weight excluding hydrogens is 402 g/mol.